The summed E-state index contributed by atoms with van der Waals surface area (Å²) in [4.78, 5) is 44.6. The maximum Gasteiger partial charge on any atom is 0.322 e. The normalized spacial score (nSPS) is 17.6. The van der Waals surface area contributed by atoms with E-state index in [9.17, 15) is 9.59 Å². The lowest BCUT2D eigenvalue weighted by molar-refractivity contribution is 0.0836. The Morgan fingerprint density at radius 2 is 1.86 bits per heavy atom. The van der Waals surface area contributed by atoms with Crippen LogP contribution in [-0.4, -0.2) is 64.5 Å². The molecule has 2 aromatic heterocycles. The first-order valence-corrected chi connectivity index (χ1v) is 12.3. The van der Waals surface area contributed by atoms with E-state index in [2.05, 4.69) is 24.8 Å². The summed E-state index contributed by atoms with van der Waals surface area (Å²) in [5, 5.41) is 0. The molecule has 35 heavy (non-hydrogen) atoms. The van der Waals surface area contributed by atoms with Crippen molar-refractivity contribution in [3.63, 3.8) is 0 Å². The molecule has 1 aliphatic carbocycles. The number of ether oxygens (including phenoxy) is 2. The molecule has 2 aliphatic rings. The van der Waals surface area contributed by atoms with Gasteiger partial charge in [0.2, 0.25) is 17.6 Å². The summed E-state index contributed by atoms with van der Waals surface area (Å²) < 4.78 is 11.0. The zero-order valence-corrected chi connectivity index (χ0v) is 20.7. The van der Waals surface area contributed by atoms with Crippen molar-refractivity contribution >= 4 is 17.6 Å². The standard InChI is InChI=1S/C25H34N6O4/c1-15-7-8-19(27-21(15)22(26)33)18-9-11-31(12-10-18)24-28-23(20(32)13-17-5-4-6-17)29-25(30-24)35-16(2)14-34-3/h7-8,16-18H,4-6,9-14H2,1-3H3,(H2,26,33)/t16-/m1/s1. The van der Waals surface area contributed by atoms with Gasteiger partial charge >= 0.3 is 6.01 Å². The SMILES string of the molecule is COC[C@@H](C)Oc1nc(C(=O)CC2CCC2)nc(N2CCC(c3ccc(C)c(C(N)=O)n3)CC2)n1. The molecule has 3 heterocycles. The molecule has 1 aliphatic heterocycles. The van der Waals surface area contributed by atoms with Crippen molar-refractivity contribution in [3.8, 4) is 6.01 Å². The van der Waals surface area contributed by atoms with Gasteiger partial charge in [-0.05, 0) is 57.1 Å². The van der Waals surface area contributed by atoms with Crippen LogP contribution < -0.4 is 15.4 Å². The quantitative estimate of drug-likeness (QED) is 0.507. The molecule has 0 spiro atoms. The van der Waals surface area contributed by atoms with E-state index in [-0.39, 0.29) is 29.6 Å². The van der Waals surface area contributed by atoms with Crippen LogP contribution in [0.15, 0.2) is 12.1 Å². The van der Waals surface area contributed by atoms with Crippen LogP contribution in [0.4, 0.5) is 5.95 Å². The molecule has 10 nitrogen and oxygen atoms in total. The average Bonchev–Trinajstić information content (AvgIpc) is 2.81. The van der Waals surface area contributed by atoms with E-state index in [1.54, 1.807) is 7.11 Å². The average molecular weight is 483 g/mol. The zero-order chi connectivity index (χ0) is 24.9. The van der Waals surface area contributed by atoms with Gasteiger partial charge in [0.05, 0.1) is 6.61 Å². The third-order valence-corrected chi connectivity index (χ3v) is 6.81. The number of nitrogens with two attached hydrogens (primary N) is 1. The predicted octanol–water partition coefficient (Wildman–Crippen LogP) is 2.84. The molecular weight excluding hydrogens is 448 g/mol. The van der Waals surface area contributed by atoms with Crippen LogP contribution in [0.1, 0.15) is 83.7 Å². The molecule has 188 valence electrons. The summed E-state index contributed by atoms with van der Waals surface area (Å²) in [6.45, 7) is 5.44. The van der Waals surface area contributed by atoms with Crippen molar-refractivity contribution in [2.75, 3.05) is 31.7 Å². The first-order chi connectivity index (χ1) is 16.8. The number of primary amides is 1. The van der Waals surface area contributed by atoms with Crippen LogP contribution in [0.5, 0.6) is 6.01 Å². The van der Waals surface area contributed by atoms with Crippen molar-refractivity contribution in [1.82, 2.24) is 19.9 Å². The van der Waals surface area contributed by atoms with E-state index in [0.717, 1.165) is 36.9 Å². The summed E-state index contributed by atoms with van der Waals surface area (Å²) in [5.41, 5.74) is 7.45. The Kier molecular flexibility index (Phi) is 7.90. The third-order valence-electron chi connectivity index (χ3n) is 6.81. The number of ketones is 1. The molecule has 1 saturated carbocycles. The maximum atomic E-state index is 12.9. The third kappa shape index (κ3) is 6.11. The van der Waals surface area contributed by atoms with E-state index in [1.165, 1.54) is 6.42 Å². The Hall–Kier alpha value is -3.14. The van der Waals surface area contributed by atoms with Crippen LogP contribution in [0, 0.1) is 12.8 Å². The highest BCUT2D eigenvalue weighted by Gasteiger charge is 2.28. The largest absolute Gasteiger partial charge is 0.458 e. The second-order valence-electron chi connectivity index (χ2n) is 9.58. The fraction of sp³-hybridized carbons (Fsp3) is 0.600. The number of aromatic nitrogens is 4. The number of pyridine rings is 1. The van der Waals surface area contributed by atoms with Gasteiger partial charge in [0.1, 0.15) is 11.8 Å². The first-order valence-electron chi connectivity index (χ1n) is 12.3. The van der Waals surface area contributed by atoms with E-state index in [4.69, 9.17) is 15.2 Å². The first kappa shape index (κ1) is 25.0. The minimum atomic E-state index is -0.513. The highest BCUT2D eigenvalue weighted by molar-refractivity contribution is 5.93. The van der Waals surface area contributed by atoms with E-state index < -0.39 is 5.91 Å². The molecule has 10 heteroatoms. The highest BCUT2D eigenvalue weighted by Crippen LogP contribution is 2.32. The van der Waals surface area contributed by atoms with Crippen LogP contribution in [0.2, 0.25) is 0 Å². The van der Waals surface area contributed by atoms with Gasteiger partial charge in [0, 0.05) is 38.2 Å². The number of carbonyl (C=O) groups excluding carboxylic acids is 2. The molecule has 0 bridgehead atoms. The fourth-order valence-electron chi connectivity index (χ4n) is 4.56. The van der Waals surface area contributed by atoms with Gasteiger partial charge in [-0.1, -0.05) is 12.5 Å². The number of carbonyl (C=O) groups is 2. The predicted molar refractivity (Wildman–Crippen MR) is 130 cm³/mol. The minimum Gasteiger partial charge on any atom is -0.458 e. The molecular formula is C25H34N6O4. The molecule has 1 atom stereocenters. The van der Waals surface area contributed by atoms with Crippen molar-refractivity contribution < 1.29 is 19.1 Å². The Balaban J connectivity index is 1.50. The summed E-state index contributed by atoms with van der Waals surface area (Å²) in [7, 11) is 1.60. The van der Waals surface area contributed by atoms with Crippen LogP contribution in [-0.2, 0) is 4.74 Å². The number of aryl methyl sites for hydroxylation is 1. The lowest BCUT2D eigenvalue weighted by Gasteiger charge is -2.32. The van der Waals surface area contributed by atoms with Crippen LogP contribution in [0.25, 0.3) is 0 Å². The van der Waals surface area contributed by atoms with Crippen LogP contribution in [0.3, 0.4) is 0 Å². The van der Waals surface area contributed by atoms with Crippen molar-refractivity contribution in [2.24, 2.45) is 11.7 Å². The Morgan fingerprint density at radius 1 is 1.11 bits per heavy atom. The number of Topliss-reactive ketones (excluding diaryl/α,β-unsaturated/α-hetero) is 1. The van der Waals surface area contributed by atoms with Gasteiger partial charge in [0.15, 0.2) is 0 Å². The van der Waals surface area contributed by atoms with Crippen molar-refractivity contribution in [1.29, 1.82) is 0 Å². The summed E-state index contributed by atoms with van der Waals surface area (Å²) in [6.07, 6.45) is 5.15. The number of hydrogen-bond acceptors (Lipinski definition) is 9. The topological polar surface area (TPSA) is 133 Å². The van der Waals surface area contributed by atoms with E-state index in [0.29, 0.717) is 43.7 Å². The maximum absolute atomic E-state index is 12.9. The van der Waals surface area contributed by atoms with E-state index in [1.807, 2.05) is 26.0 Å². The number of methoxy groups -OCH3 is 1. The van der Waals surface area contributed by atoms with E-state index >= 15 is 0 Å². The summed E-state index contributed by atoms with van der Waals surface area (Å²) in [5.74, 6) is 0.646. The molecule has 2 aromatic rings. The Morgan fingerprint density at radius 3 is 2.49 bits per heavy atom. The van der Waals surface area contributed by atoms with Gasteiger partial charge in [-0.25, -0.2) is 4.98 Å². The summed E-state index contributed by atoms with van der Waals surface area (Å²) >= 11 is 0. The lowest BCUT2D eigenvalue weighted by Crippen LogP contribution is -2.35. The van der Waals surface area contributed by atoms with Gasteiger partial charge < -0.3 is 20.1 Å². The second kappa shape index (κ2) is 11.1. The fourth-order valence-corrected chi connectivity index (χ4v) is 4.56. The van der Waals surface area contributed by atoms with Crippen molar-refractivity contribution in [3.05, 3.63) is 34.9 Å². The molecule has 0 aromatic carbocycles. The smallest absolute Gasteiger partial charge is 0.322 e. The Bertz CT molecular complexity index is 1070. The number of piperidine rings is 1. The molecule has 1 amide bonds. The number of nitrogens with zero attached hydrogens (tertiary/aromatic N) is 5. The van der Waals surface area contributed by atoms with Gasteiger partial charge in [-0.3, -0.25) is 9.59 Å². The second-order valence-corrected chi connectivity index (χ2v) is 9.58. The van der Waals surface area contributed by atoms with Crippen molar-refractivity contribution in [2.45, 2.75) is 64.4 Å². The lowest BCUT2D eigenvalue weighted by atomic mass is 9.82. The monoisotopic (exact) mass is 482 g/mol. The highest BCUT2D eigenvalue weighted by atomic mass is 16.5. The van der Waals surface area contributed by atoms with Gasteiger partial charge in [-0.15, -0.1) is 0 Å². The molecule has 1 saturated heterocycles. The minimum absolute atomic E-state index is 0.0692. The van der Waals surface area contributed by atoms with Gasteiger partial charge in [0.25, 0.3) is 5.91 Å². The number of anilines is 1. The molecule has 2 N–H and O–H groups in total. The van der Waals surface area contributed by atoms with Crippen LogP contribution >= 0.6 is 0 Å². The number of amides is 1. The number of rotatable bonds is 10. The molecule has 2 fully saturated rings. The Labute approximate surface area is 205 Å². The van der Waals surface area contributed by atoms with Gasteiger partial charge in [-0.2, -0.15) is 15.0 Å². The zero-order valence-electron chi connectivity index (χ0n) is 20.7. The molecule has 4 rings (SSSR count). The number of hydrogen-bond donors (Lipinski definition) is 1. The summed E-state index contributed by atoms with van der Waals surface area (Å²) in [6, 6.07) is 4.00. The molecule has 0 unspecified atom stereocenters. The molecule has 0 radical (unpaired) electrons.